The number of hydrogen-bond donors (Lipinski definition) is 0. The molecule has 1 spiro atoms. The molecule has 3 saturated heterocycles. The molecule has 0 aromatic carbocycles. The molecule has 5 heterocycles. The summed E-state index contributed by atoms with van der Waals surface area (Å²) in [4.78, 5) is 37.1. The third-order valence-electron chi connectivity index (χ3n) is 7.24. The number of carbonyl (C=O) groups excluding carboxylic acids is 2. The van der Waals surface area contributed by atoms with Crippen LogP contribution in [-0.2, 0) is 20.7 Å². The van der Waals surface area contributed by atoms with Crippen LogP contribution in [0.4, 0.5) is 0 Å². The van der Waals surface area contributed by atoms with E-state index in [1.165, 1.54) is 0 Å². The number of pyridine rings is 1. The first kappa shape index (κ1) is 19.7. The van der Waals surface area contributed by atoms with Gasteiger partial charge in [0.2, 0.25) is 11.8 Å². The summed E-state index contributed by atoms with van der Waals surface area (Å²) in [7, 11) is 0. The molecule has 0 saturated carbocycles. The second-order valence-corrected chi connectivity index (χ2v) is 9.22. The van der Waals surface area contributed by atoms with E-state index in [2.05, 4.69) is 23.7 Å². The van der Waals surface area contributed by atoms with E-state index in [0.717, 1.165) is 38.2 Å². The lowest BCUT2D eigenvalue weighted by Gasteiger charge is -2.39. The molecule has 2 unspecified atom stereocenters. The molecule has 7 heteroatoms. The average Bonchev–Trinajstić information content (AvgIpc) is 3.40. The smallest absolute Gasteiger partial charge is 0.230 e. The summed E-state index contributed by atoms with van der Waals surface area (Å²) in [6.07, 6.45) is 8.10. The minimum atomic E-state index is -0.625. The zero-order valence-corrected chi connectivity index (χ0v) is 17.7. The maximum atomic E-state index is 13.5. The van der Waals surface area contributed by atoms with E-state index in [1.807, 2.05) is 34.1 Å². The molecule has 2 bridgehead atoms. The Hall–Kier alpha value is -2.25. The summed E-state index contributed by atoms with van der Waals surface area (Å²) >= 11 is 0. The first-order valence-corrected chi connectivity index (χ1v) is 11.1. The summed E-state index contributed by atoms with van der Waals surface area (Å²) in [5, 5.41) is 0. The summed E-state index contributed by atoms with van der Waals surface area (Å²) in [6, 6.07) is 4.44. The molecule has 1 aromatic heterocycles. The van der Waals surface area contributed by atoms with Crippen LogP contribution in [0.3, 0.4) is 0 Å². The Labute approximate surface area is 177 Å². The first-order chi connectivity index (χ1) is 14.5. The Bertz CT molecular complexity index is 849. The van der Waals surface area contributed by atoms with Crippen molar-refractivity contribution in [2.45, 2.75) is 38.0 Å². The molecule has 2 amide bonds. The van der Waals surface area contributed by atoms with Crippen LogP contribution >= 0.6 is 0 Å². The lowest BCUT2D eigenvalue weighted by atomic mass is 9.76. The number of nitrogens with zero attached hydrogens (tertiary/aromatic N) is 4. The minimum Gasteiger partial charge on any atom is -0.360 e. The molecule has 160 valence electrons. The van der Waals surface area contributed by atoms with Gasteiger partial charge in [0, 0.05) is 51.2 Å². The highest BCUT2D eigenvalue weighted by molar-refractivity contribution is 5.93. The van der Waals surface area contributed by atoms with Gasteiger partial charge in [0.05, 0.1) is 24.5 Å². The van der Waals surface area contributed by atoms with Crippen molar-refractivity contribution in [1.82, 2.24) is 19.7 Å². The van der Waals surface area contributed by atoms with Crippen LogP contribution in [0, 0.1) is 11.8 Å². The van der Waals surface area contributed by atoms with Gasteiger partial charge in [-0.1, -0.05) is 12.2 Å². The number of rotatable bonds is 5. The number of likely N-dealkylation sites (tertiary alicyclic amines) is 1. The van der Waals surface area contributed by atoms with Crippen LogP contribution in [0.1, 0.15) is 19.4 Å². The second-order valence-electron chi connectivity index (χ2n) is 9.22. The topological polar surface area (TPSA) is 66.0 Å². The van der Waals surface area contributed by atoms with Crippen molar-refractivity contribution in [3.63, 3.8) is 0 Å². The fourth-order valence-corrected chi connectivity index (χ4v) is 5.53. The third kappa shape index (κ3) is 3.15. The zero-order chi connectivity index (χ0) is 20.9. The van der Waals surface area contributed by atoms with Crippen LogP contribution in [-0.4, -0.2) is 88.5 Å². The molecule has 0 N–H and O–H groups in total. The fourth-order valence-electron chi connectivity index (χ4n) is 5.53. The molecular weight excluding hydrogens is 380 g/mol. The molecule has 4 aliphatic heterocycles. The van der Waals surface area contributed by atoms with Crippen molar-refractivity contribution in [2.75, 3.05) is 39.3 Å². The highest BCUT2D eigenvalue weighted by Gasteiger charge is 2.67. The summed E-state index contributed by atoms with van der Waals surface area (Å²) in [6.45, 7) is 8.78. The maximum absolute atomic E-state index is 13.5. The Morgan fingerprint density at radius 1 is 1.23 bits per heavy atom. The Balaban J connectivity index is 1.28. The van der Waals surface area contributed by atoms with Crippen LogP contribution in [0.15, 0.2) is 36.7 Å². The number of amides is 2. The average molecular weight is 411 g/mol. The van der Waals surface area contributed by atoms with E-state index in [9.17, 15) is 9.59 Å². The zero-order valence-electron chi connectivity index (χ0n) is 17.7. The molecule has 3 fully saturated rings. The maximum Gasteiger partial charge on any atom is 0.230 e. The Morgan fingerprint density at radius 3 is 2.67 bits per heavy atom. The summed E-state index contributed by atoms with van der Waals surface area (Å²) in [5.41, 5.74) is 0.531. The number of fused-ring (bicyclic) bond motifs is 1. The van der Waals surface area contributed by atoms with Gasteiger partial charge >= 0.3 is 0 Å². The molecule has 0 aliphatic carbocycles. The first-order valence-electron chi connectivity index (χ1n) is 11.1. The largest absolute Gasteiger partial charge is 0.360 e. The van der Waals surface area contributed by atoms with Crippen molar-refractivity contribution < 1.29 is 14.3 Å². The predicted molar refractivity (Wildman–Crippen MR) is 112 cm³/mol. The van der Waals surface area contributed by atoms with Gasteiger partial charge in [-0.15, -0.1) is 0 Å². The molecule has 7 nitrogen and oxygen atoms in total. The van der Waals surface area contributed by atoms with Crippen LogP contribution in [0.5, 0.6) is 0 Å². The number of ether oxygens (including phenoxy) is 1. The minimum absolute atomic E-state index is 0.0649. The fraction of sp³-hybridized carbons (Fsp3) is 0.609. The number of carbonyl (C=O) groups is 2. The van der Waals surface area contributed by atoms with Gasteiger partial charge in [-0.2, -0.15) is 0 Å². The standard InChI is InChI=1S/C23H30N4O3/c1-16(2)25-11-13-26(14-12-25)21(28)19-18-3-7-23(30-18)15-27(22(29)20(19)23)10-6-17-4-8-24-9-5-17/h3-5,7-9,16,18-20H,6,10-15H2,1-2H3/t18-,19?,20?,23-/m0/s1. The molecule has 4 atom stereocenters. The Kier molecular flexibility index (Phi) is 4.90. The van der Waals surface area contributed by atoms with Crippen molar-refractivity contribution in [1.29, 1.82) is 0 Å². The SMILES string of the molecule is CC(C)N1CCN(C(=O)C2C3C(=O)N(CCc4ccncc4)C[C@@]34C=C[C@@H]2O4)CC1. The number of piperazine rings is 1. The molecule has 0 radical (unpaired) electrons. The normalized spacial score (nSPS) is 33.0. The van der Waals surface area contributed by atoms with Crippen molar-refractivity contribution >= 4 is 11.8 Å². The highest BCUT2D eigenvalue weighted by Crippen LogP contribution is 2.52. The molecule has 5 rings (SSSR count). The van der Waals surface area contributed by atoms with Crippen LogP contribution < -0.4 is 0 Å². The van der Waals surface area contributed by atoms with Gasteiger partial charge in [-0.05, 0) is 38.0 Å². The van der Waals surface area contributed by atoms with E-state index in [1.54, 1.807) is 12.4 Å². The van der Waals surface area contributed by atoms with Gasteiger partial charge in [-0.3, -0.25) is 19.5 Å². The highest BCUT2D eigenvalue weighted by atomic mass is 16.5. The van der Waals surface area contributed by atoms with E-state index in [4.69, 9.17) is 4.74 Å². The quantitative estimate of drug-likeness (QED) is 0.677. The van der Waals surface area contributed by atoms with Gasteiger partial charge in [-0.25, -0.2) is 0 Å². The van der Waals surface area contributed by atoms with Crippen molar-refractivity contribution in [3.05, 3.63) is 42.2 Å². The van der Waals surface area contributed by atoms with Gasteiger partial charge in [0.1, 0.15) is 5.60 Å². The van der Waals surface area contributed by atoms with Crippen LogP contribution in [0.2, 0.25) is 0 Å². The third-order valence-corrected chi connectivity index (χ3v) is 7.24. The van der Waals surface area contributed by atoms with Gasteiger partial charge in [0.15, 0.2) is 0 Å². The van der Waals surface area contributed by atoms with Gasteiger partial charge < -0.3 is 14.5 Å². The van der Waals surface area contributed by atoms with Gasteiger partial charge in [0.25, 0.3) is 0 Å². The van der Waals surface area contributed by atoms with E-state index < -0.39 is 5.60 Å². The monoisotopic (exact) mass is 410 g/mol. The van der Waals surface area contributed by atoms with E-state index in [0.29, 0.717) is 19.1 Å². The molecule has 4 aliphatic rings. The lowest BCUT2D eigenvalue weighted by Crippen LogP contribution is -2.54. The van der Waals surface area contributed by atoms with E-state index >= 15 is 0 Å². The van der Waals surface area contributed by atoms with Crippen molar-refractivity contribution in [3.8, 4) is 0 Å². The number of hydrogen-bond acceptors (Lipinski definition) is 5. The Morgan fingerprint density at radius 2 is 1.97 bits per heavy atom. The molecule has 30 heavy (non-hydrogen) atoms. The number of aromatic nitrogens is 1. The van der Waals surface area contributed by atoms with Crippen molar-refractivity contribution in [2.24, 2.45) is 11.8 Å². The predicted octanol–water partition coefficient (Wildman–Crippen LogP) is 0.959. The molecular formula is C23H30N4O3. The van der Waals surface area contributed by atoms with Crippen LogP contribution in [0.25, 0.3) is 0 Å². The second kappa shape index (κ2) is 7.46. The summed E-state index contributed by atoms with van der Waals surface area (Å²) < 4.78 is 6.28. The lowest BCUT2D eigenvalue weighted by molar-refractivity contribution is -0.144. The summed E-state index contributed by atoms with van der Waals surface area (Å²) in [5.74, 6) is -0.626. The molecule has 1 aromatic rings. The van der Waals surface area contributed by atoms with E-state index in [-0.39, 0.29) is 29.8 Å².